The van der Waals surface area contributed by atoms with Crippen LogP contribution in [0.5, 0.6) is 0 Å². The zero-order chi connectivity index (χ0) is 11.1. The smallest absolute Gasteiger partial charge is 0.294 e. The summed E-state index contributed by atoms with van der Waals surface area (Å²) >= 11 is 0. The molecule has 2 rings (SSSR count). The predicted molar refractivity (Wildman–Crippen MR) is 57.0 cm³/mol. The molecule has 0 saturated heterocycles. The van der Waals surface area contributed by atoms with Crippen LogP contribution < -0.4 is 5.73 Å². The first-order valence-electron chi connectivity index (χ1n) is 4.16. The van der Waals surface area contributed by atoms with E-state index in [4.69, 9.17) is 10.3 Å². The van der Waals surface area contributed by atoms with Gasteiger partial charge >= 0.3 is 0 Å². The van der Waals surface area contributed by atoms with Crippen molar-refractivity contribution in [3.05, 3.63) is 36.4 Å². The zero-order valence-corrected chi connectivity index (χ0v) is 8.45. The minimum Gasteiger partial charge on any atom is -0.398 e. The number of hydrogen-bond donors (Lipinski definition) is 2. The molecule has 0 unspecified atom stereocenters. The minimum absolute atomic E-state index is 0.156. The molecule has 0 aliphatic rings. The Hall–Kier alpha value is -1.59. The van der Waals surface area contributed by atoms with Gasteiger partial charge < -0.3 is 5.73 Å². The van der Waals surface area contributed by atoms with E-state index in [1.807, 2.05) is 0 Å². The van der Waals surface area contributed by atoms with Crippen LogP contribution in [0, 0.1) is 6.07 Å². The normalized spacial score (nSPS) is 11.8. The van der Waals surface area contributed by atoms with E-state index in [1.165, 1.54) is 12.1 Å². The van der Waals surface area contributed by atoms with Gasteiger partial charge in [0.25, 0.3) is 10.1 Å². The van der Waals surface area contributed by atoms with Crippen LogP contribution in [0.1, 0.15) is 0 Å². The molecule has 3 N–H and O–H groups in total. The second-order valence-electron chi connectivity index (χ2n) is 3.12. The fraction of sp³-hybridized carbons (Fsp3) is 0. The Morgan fingerprint density at radius 3 is 2.67 bits per heavy atom. The monoisotopic (exact) mass is 222 g/mol. The summed E-state index contributed by atoms with van der Waals surface area (Å²) in [4.78, 5) is -0.156. The average Bonchev–Trinajstić information content (AvgIpc) is 2.16. The lowest BCUT2D eigenvalue weighted by Gasteiger charge is -2.02. The molecule has 1 radical (unpaired) electrons. The standard InChI is InChI=1S/C10H8NO3S/c11-10-3-1-2-7-6-8(15(12,13)14)4-5-9(7)10/h1,3-6H,11H2,(H,12,13,14). The van der Waals surface area contributed by atoms with Crippen molar-refractivity contribution in [2.45, 2.75) is 4.90 Å². The van der Waals surface area contributed by atoms with Crippen LogP contribution in [-0.2, 0) is 10.1 Å². The van der Waals surface area contributed by atoms with Gasteiger partial charge in [-0.25, -0.2) is 0 Å². The third-order valence-corrected chi connectivity index (χ3v) is 2.95. The Bertz CT molecular complexity index is 620. The highest BCUT2D eigenvalue weighted by Crippen LogP contribution is 2.23. The topological polar surface area (TPSA) is 80.4 Å². The molecule has 0 atom stereocenters. The van der Waals surface area contributed by atoms with Gasteiger partial charge in [-0.1, -0.05) is 12.1 Å². The lowest BCUT2D eigenvalue weighted by atomic mass is 10.1. The van der Waals surface area contributed by atoms with Crippen LogP contribution >= 0.6 is 0 Å². The Labute approximate surface area is 87.1 Å². The first-order chi connectivity index (χ1) is 6.98. The van der Waals surface area contributed by atoms with Gasteiger partial charge in [0, 0.05) is 11.1 Å². The summed E-state index contributed by atoms with van der Waals surface area (Å²) in [5.74, 6) is 0. The summed E-state index contributed by atoms with van der Waals surface area (Å²) < 4.78 is 30.6. The van der Waals surface area contributed by atoms with Gasteiger partial charge in [0.15, 0.2) is 0 Å². The van der Waals surface area contributed by atoms with E-state index < -0.39 is 10.1 Å². The van der Waals surface area contributed by atoms with Crippen LogP contribution in [0.2, 0.25) is 0 Å². The van der Waals surface area contributed by atoms with E-state index in [0.717, 1.165) is 0 Å². The SMILES string of the molecule is Nc1cc[c]c2cc(S(=O)(=O)O)ccc12. The van der Waals surface area contributed by atoms with E-state index in [2.05, 4.69) is 6.07 Å². The van der Waals surface area contributed by atoms with Crippen molar-refractivity contribution in [2.75, 3.05) is 5.73 Å². The number of nitrogen functional groups attached to an aromatic ring is 1. The molecule has 0 fully saturated rings. The molecule has 0 amide bonds. The molecule has 15 heavy (non-hydrogen) atoms. The van der Waals surface area contributed by atoms with Crippen LogP contribution in [0.15, 0.2) is 35.2 Å². The average molecular weight is 222 g/mol. The van der Waals surface area contributed by atoms with E-state index in [1.54, 1.807) is 18.2 Å². The zero-order valence-electron chi connectivity index (χ0n) is 7.64. The molecule has 5 heteroatoms. The molecular formula is C10H8NO3S. The molecule has 0 bridgehead atoms. The Morgan fingerprint density at radius 2 is 2.00 bits per heavy atom. The molecule has 0 aliphatic heterocycles. The summed E-state index contributed by atoms with van der Waals surface area (Å²) in [5.41, 5.74) is 6.23. The second kappa shape index (κ2) is 3.22. The van der Waals surface area contributed by atoms with E-state index in [9.17, 15) is 8.42 Å². The lowest BCUT2D eigenvalue weighted by molar-refractivity contribution is 0.483. The largest absolute Gasteiger partial charge is 0.398 e. The number of fused-ring (bicyclic) bond motifs is 1. The Balaban J connectivity index is 2.79. The van der Waals surface area contributed by atoms with Crippen LogP contribution in [-0.4, -0.2) is 13.0 Å². The number of rotatable bonds is 1. The van der Waals surface area contributed by atoms with Crippen molar-refractivity contribution >= 4 is 26.6 Å². The maximum absolute atomic E-state index is 10.9. The predicted octanol–water partition coefficient (Wildman–Crippen LogP) is 1.47. The first kappa shape index (κ1) is 9.95. The summed E-state index contributed by atoms with van der Waals surface area (Å²) in [6, 6.07) is 10.3. The van der Waals surface area contributed by atoms with Crippen molar-refractivity contribution in [2.24, 2.45) is 0 Å². The van der Waals surface area contributed by atoms with Crippen molar-refractivity contribution < 1.29 is 13.0 Å². The number of anilines is 1. The highest BCUT2D eigenvalue weighted by Gasteiger charge is 2.10. The van der Waals surface area contributed by atoms with Crippen LogP contribution in [0.4, 0.5) is 5.69 Å². The van der Waals surface area contributed by atoms with Crippen molar-refractivity contribution in [1.29, 1.82) is 0 Å². The molecular weight excluding hydrogens is 214 g/mol. The fourth-order valence-electron chi connectivity index (χ4n) is 1.37. The summed E-state index contributed by atoms with van der Waals surface area (Å²) in [7, 11) is -4.17. The molecule has 2 aromatic rings. The number of nitrogens with two attached hydrogens (primary N) is 1. The number of hydrogen-bond acceptors (Lipinski definition) is 3. The first-order valence-corrected chi connectivity index (χ1v) is 5.60. The molecule has 77 valence electrons. The third-order valence-electron chi connectivity index (χ3n) is 2.10. The van der Waals surface area contributed by atoms with Crippen molar-refractivity contribution in [3.63, 3.8) is 0 Å². The molecule has 0 aliphatic carbocycles. The Kier molecular flexibility index (Phi) is 2.13. The van der Waals surface area contributed by atoms with Crippen molar-refractivity contribution in [1.82, 2.24) is 0 Å². The lowest BCUT2D eigenvalue weighted by Crippen LogP contribution is -1.98. The van der Waals surface area contributed by atoms with Gasteiger partial charge in [-0.15, -0.1) is 0 Å². The van der Waals surface area contributed by atoms with Crippen LogP contribution in [0.25, 0.3) is 10.8 Å². The van der Waals surface area contributed by atoms with Gasteiger partial charge in [-0.05, 0) is 29.7 Å². The molecule has 0 aromatic heterocycles. The van der Waals surface area contributed by atoms with E-state index in [-0.39, 0.29) is 4.90 Å². The molecule has 2 aromatic carbocycles. The maximum Gasteiger partial charge on any atom is 0.294 e. The van der Waals surface area contributed by atoms with Crippen LogP contribution in [0.3, 0.4) is 0 Å². The summed E-state index contributed by atoms with van der Waals surface area (Å²) in [6.45, 7) is 0. The number of benzene rings is 2. The van der Waals surface area contributed by atoms with Gasteiger partial charge in [0.2, 0.25) is 0 Å². The quantitative estimate of drug-likeness (QED) is 0.565. The summed E-state index contributed by atoms with van der Waals surface area (Å²) in [6.07, 6.45) is 0. The van der Waals surface area contributed by atoms with Crippen molar-refractivity contribution in [3.8, 4) is 0 Å². The molecule has 0 saturated carbocycles. The van der Waals surface area contributed by atoms with Gasteiger partial charge in [0.1, 0.15) is 0 Å². The Morgan fingerprint density at radius 1 is 1.27 bits per heavy atom. The van der Waals surface area contributed by atoms with E-state index in [0.29, 0.717) is 16.5 Å². The minimum atomic E-state index is -4.17. The molecule has 4 nitrogen and oxygen atoms in total. The third kappa shape index (κ3) is 1.79. The van der Waals surface area contributed by atoms with Gasteiger partial charge in [-0.2, -0.15) is 8.42 Å². The molecule has 0 heterocycles. The maximum atomic E-state index is 10.9. The highest BCUT2D eigenvalue weighted by atomic mass is 32.2. The molecule has 0 spiro atoms. The van der Waals surface area contributed by atoms with Gasteiger partial charge in [0.05, 0.1) is 4.90 Å². The second-order valence-corrected chi connectivity index (χ2v) is 4.54. The van der Waals surface area contributed by atoms with Gasteiger partial charge in [-0.3, -0.25) is 4.55 Å². The highest BCUT2D eigenvalue weighted by molar-refractivity contribution is 7.85. The summed E-state index contributed by atoms with van der Waals surface area (Å²) in [5, 5.41) is 1.27. The van der Waals surface area contributed by atoms with E-state index >= 15 is 0 Å². The fourth-order valence-corrected chi connectivity index (χ4v) is 1.87.